The molecule has 1 unspecified atom stereocenters. The zero-order valence-electron chi connectivity index (χ0n) is 15.2. The molecule has 0 spiro atoms. The normalized spacial score (nSPS) is 17.5. The Hall–Kier alpha value is -2.26. The number of carboxylic acid groups (broad SMARTS) is 1. The van der Waals surface area contributed by atoms with Gasteiger partial charge < -0.3 is 24.6 Å². The van der Waals surface area contributed by atoms with Gasteiger partial charge in [0.05, 0.1) is 0 Å². The highest BCUT2D eigenvalue weighted by Crippen LogP contribution is 2.24. The summed E-state index contributed by atoms with van der Waals surface area (Å²) in [6, 6.07) is 1.57. The SMILES string of the molecule is COC(OC)c1ccnc(NC(C)(C(=O)O)C(=O)OC2CCCCC2)n1. The second kappa shape index (κ2) is 8.91. The Morgan fingerprint density at radius 2 is 1.92 bits per heavy atom. The zero-order chi connectivity index (χ0) is 19.2. The van der Waals surface area contributed by atoms with E-state index in [1.165, 1.54) is 27.3 Å². The number of ether oxygens (including phenoxy) is 3. The van der Waals surface area contributed by atoms with E-state index >= 15 is 0 Å². The van der Waals surface area contributed by atoms with Gasteiger partial charge in [0.2, 0.25) is 17.8 Å². The second-order valence-electron chi connectivity index (χ2n) is 6.33. The molecule has 1 heterocycles. The van der Waals surface area contributed by atoms with E-state index in [0.717, 1.165) is 32.1 Å². The van der Waals surface area contributed by atoms with E-state index in [-0.39, 0.29) is 12.1 Å². The summed E-state index contributed by atoms with van der Waals surface area (Å²) in [5.41, 5.74) is -1.62. The summed E-state index contributed by atoms with van der Waals surface area (Å²) in [5.74, 6) is -2.27. The lowest BCUT2D eigenvalue weighted by molar-refractivity contribution is -0.163. The first-order valence-electron chi connectivity index (χ1n) is 8.52. The van der Waals surface area contributed by atoms with Gasteiger partial charge in [-0.1, -0.05) is 6.42 Å². The number of methoxy groups -OCH3 is 2. The highest BCUT2D eigenvalue weighted by atomic mass is 16.7. The Labute approximate surface area is 152 Å². The first-order valence-corrected chi connectivity index (χ1v) is 8.52. The average Bonchev–Trinajstić information content (AvgIpc) is 2.63. The van der Waals surface area contributed by atoms with Gasteiger partial charge in [0, 0.05) is 20.4 Å². The number of hydrogen-bond acceptors (Lipinski definition) is 8. The highest BCUT2D eigenvalue weighted by molar-refractivity contribution is 6.06. The van der Waals surface area contributed by atoms with Crippen molar-refractivity contribution in [2.75, 3.05) is 19.5 Å². The topological polar surface area (TPSA) is 120 Å². The third-order valence-electron chi connectivity index (χ3n) is 4.37. The molecule has 1 aliphatic rings. The average molecular weight is 367 g/mol. The van der Waals surface area contributed by atoms with E-state index in [0.29, 0.717) is 5.69 Å². The first kappa shape index (κ1) is 20.1. The van der Waals surface area contributed by atoms with Crippen LogP contribution in [-0.4, -0.2) is 52.9 Å². The van der Waals surface area contributed by atoms with Crippen LogP contribution in [0.1, 0.15) is 51.0 Å². The maximum absolute atomic E-state index is 12.5. The number of carboxylic acids is 1. The summed E-state index contributed by atoms with van der Waals surface area (Å²) in [6.07, 6.45) is 4.96. The van der Waals surface area contributed by atoms with Gasteiger partial charge in [-0.05, 0) is 38.7 Å². The summed E-state index contributed by atoms with van der Waals surface area (Å²) >= 11 is 0. The Kier molecular flexibility index (Phi) is 6.87. The lowest BCUT2D eigenvalue weighted by atomic mass is 9.97. The molecule has 0 radical (unpaired) electrons. The lowest BCUT2D eigenvalue weighted by Crippen LogP contribution is -2.53. The molecule has 0 aromatic carbocycles. The van der Waals surface area contributed by atoms with Crippen LogP contribution in [0.4, 0.5) is 5.95 Å². The van der Waals surface area contributed by atoms with Crippen molar-refractivity contribution >= 4 is 17.9 Å². The second-order valence-corrected chi connectivity index (χ2v) is 6.33. The number of carbonyl (C=O) groups excluding carboxylic acids is 1. The van der Waals surface area contributed by atoms with Crippen LogP contribution in [0.2, 0.25) is 0 Å². The van der Waals surface area contributed by atoms with Crippen LogP contribution in [0.3, 0.4) is 0 Å². The number of rotatable bonds is 8. The standard InChI is InChI=1S/C17H25N3O6/c1-17(14(21)22,15(23)26-11-7-5-4-6-8-11)20-16-18-10-9-12(19-16)13(24-2)25-3/h9-11,13H,4-8H2,1-3H3,(H,21,22)(H,18,19,20). The largest absolute Gasteiger partial charge is 0.479 e. The van der Waals surface area contributed by atoms with E-state index in [4.69, 9.17) is 14.2 Å². The monoisotopic (exact) mass is 367 g/mol. The van der Waals surface area contributed by atoms with Crippen molar-refractivity contribution in [2.45, 2.75) is 57.0 Å². The molecule has 1 aliphatic carbocycles. The number of hydrogen-bond donors (Lipinski definition) is 2. The molecule has 2 rings (SSSR count). The van der Waals surface area contributed by atoms with Crippen LogP contribution in [0, 0.1) is 0 Å². The van der Waals surface area contributed by atoms with Crippen molar-refractivity contribution in [2.24, 2.45) is 0 Å². The van der Waals surface area contributed by atoms with Crippen molar-refractivity contribution in [1.82, 2.24) is 9.97 Å². The van der Waals surface area contributed by atoms with E-state index in [1.807, 2.05) is 0 Å². The quantitative estimate of drug-likeness (QED) is 0.403. The molecule has 1 aromatic rings. The number of nitrogens with zero attached hydrogens (tertiary/aromatic N) is 2. The molecule has 26 heavy (non-hydrogen) atoms. The fourth-order valence-corrected chi connectivity index (χ4v) is 2.77. The van der Waals surface area contributed by atoms with Gasteiger partial charge >= 0.3 is 11.9 Å². The predicted molar refractivity (Wildman–Crippen MR) is 91.4 cm³/mol. The molecule has 0 amide bonds. The molecule has 1 atom stereocenters. The smallest absolute Gasteiger partial charge is 0.343 e. The van der Waals surface area contributed by atoms with Crippen molar-refractivity contribution in [3.05, 3.63) is 18.0 Å². The Bertz CT molecular complexity index is 631. The maximum Gasteiger partial charge on any atom is 0.343 e. The van der Waals surface area contributed by atoms with Crippen LogP contribution < -0.4 is 5.32 Å². The van der Waals surface area contributed by atoms with Gasteiger partial charge in [-0.25, -0.2) is 19.6 Å². The molecular formula is C17H25N3O6. The van der Waals surface area contributed by atoms with Gasteiger partial charge in [-0.3, -0.25) is 0 Å². The Morgan fingerprint density at radius 3 is 2.50 bits per heavy atom. The highest BCUT2D eigenvalue weighted by Gasteiger charge is 2.45. The molecule has 9 nitrogen and oxygen atoms in total. The first-order chi connectivity index (χ1) is 12.4. The van der Waals surface area contributed by atoms with E-state index < -0.39 is 23.8 Å². The number of carbonyl (C=O) groups is 2. The van der Waals surface area contributed by atoms with Crippen LogP contribution in [0.5, 0.6) is 0 Å². The third-order valence-corrected chi connectivity index (χ3v) is 4.37. The van der Waals surface area contributed by atoms with Gasteiger partial charge in [-0.15, -0.1) is 0 Å². The summed E-state index contributed by atoms with van der Waals surface area (Å²) < 4.78 is 15.7. The fourth-order valence-electron chi connectivity index (χ4n) is 2.77. The minimum atomic E-state index is -2.01. The number of esters is 1. The van der Waals surface area contributed by atoms with E-state index in [9.17, 15) is 14.7 Å². The van der Waals surface area contributed by atoms with E-state index in [1.54, 1.807) is 6.07 Å². The number of anilines is 1. The van der Waals surface area contributed by atoms with Crippen LogP contribution in [0.25, 0.3) is 0 Å². The van der Waals surface area contributed by atoms with Crippen molar-refractivity contribution < 1.29 is 28.9 Å². The molecule has 0 bridgehead atoms. The van der Waals surface area contributed by atoms with Gasteiger partial charge in [0.25, 0.3) is 0 Å². The number of nitrogens with one attached hydrogen (secondary N) is 1. The number of aliphatic carboxylic acids is 1. The molecule has 1 aromatic heterocycles. The molecule has 1 fully saturated rings. The summed E-state index contributed by atoms with van der Waals surface area (Å²) in [7, 11) is 2.90. The molecular weight excluding hydrogens is 342 g/mol. The fraction of sp³-hybridized carbons (Fsp3) is 0.647. The minimum absolute atomic E-state index is 0.0351. The Balaban J connectivity index is 2.17. The van der Waals surface area contributed by atoms with Crippen LogP contribution >= 0.6 is 0 Å². The zero-order valence-corrected chi connectivity index (χ0v) is 15.2. The number of aromatic nitrogens is 2. The van der Waals surface area contributed by atoms with Gasteiger partial charge in [0.15, 0.2) is 0 Å². The molecule has 0 aliphatic heterocycles. The molecule has 144 valence electrons. The molecule has 9 heteroatoms. The maximum atomic E-state index is 12.5. The van der Waals surface area contributed by atoms with Crippen LogP contribution in [-0.2, 0) is 23.8 Å². The summed E-state index contributed by atoms with van der Waals surface area (Å²) in [5, 5.41) is 12.2. The molecule has 0 saturated heterocycles. The van der Waals surface area contributed by atoms with Gasteiger partial charge in [0.1, 0.15) is 11.8 Å². The van der Waals surface area contributed by atoms with Crippen LogP contribution in [0.15, 0.2) is 12.3 Å². The van der Waals surface area contributed by atoms with Crippen molar-refractivity contribution in [3.63, 3.8) is 0 Å². The molecule has 2 N–H and O–H groups in total. The summed E-state index contributed by atoms with van der Waals surface area (Å²) in [6.45, 7) is 1.24. The van der Waals surface area contributed by atoms with Gasteiger partial charge in [-0.2, -0.15) is 0 Å². The lowest BCUT2D eigenvalue weighted by Gasteiger charge is -2.28. The Morgan fingerprint density at radius 1 is 1.27 bits per heavy atom. The molecule has 1 saturated carbocycles. The predicted octanol–water partition coefficient (Wildman–Crippen LogP) is 1.90. The minimum Gasteiger partial charge on any atom is -0.479 e. The summed E-state index contributed by atoms with van der Waals surface area (Å²) in [4.78, 5) is 32.5. The van der Waals surface area contributed by atoms with Crippen molar-refractivity contribution in [1.29, 1.82) is 0 Å². The van der Waals surface area contributed by atoms with Crippen molar-refractivity contribution in [3.8, 4) is 0 Å². The third kappa shape index (κ3) is 4.67. The van der Waals surface area contributed by atoms with E-state index in [2.05, 4.69) is 15.3 Å².